The van der Waals surface area contributed by atoms with Crippen molar-refractivity contribution in [1.29, 1.82) is 0 Å². The van der Waals surface area contributed by atoms with E-state index in [1.165, 1.54) is 6.07 Å². The molecule has 0 aliphatic heterocycles. The normalized spacial score (nSPS) is 11.3. The van der Waals surface area contributed by atoms with Crippen LogP contribution in [0.15, 0.2) is 83.1 Å². The summed E-state index contributed by atoms with van der Waals surface area (Å²) in [6, 6.07) is 22.0. The van der Waals surface area contributed by atoms with Gasteiger partial charge >= 0.3 is 0 Å². The Balaban J connectivity index is 1.53. The molecular weight excluding hydrogens is 416 g/mol. The molecule has 0 radical (unpaired) electrons. The fraction of sp³-hybridized carbons (Fsp3) is 0.0870. The number of rotatable bonds is 6. The smallest absolute Gasteiger partial charge is 0.261 e. The summed E-state index contributed by atoms with van der Waals surface area (Å²) < 4.78 is 33.2. The van der Waals surface area contributed by atoms with Gasteiger partial charge in [0.2, 0.25) is 0 Å². The summed E-state index contributed by atoms with van der Waals surface area (Å²) in [5.74, 6) is 0.649. The van der Waals surface area contributed by atoms with Crippen molar-refractivity contribution >= 4 is 27.0 Å². The molecular formula is C23H20N2O3S2. The third-order valence-corrected chi connectivity index (χ3v) is 6.90. The molecule has 0 amide bonds. The second kappa shape index (κ2) is 8.30. The van der Waals surface area contributed by atoms with E-state index in [-0.39, 0.29) is 4.90 Å². The molecule has 4 aromatic rings. The van der Waals surface area contributed by atoms with Crippen LogP contribution in [0.1, 0.15) is 5.56 Å². The van der Waals surface area contributed by atoms with Crippen molar-refractivity contribution in [2.75, 3.05) is 11.8 Å². The number of hydrogen-bond acceptors (Lipinski definition) is 5. The minimum Gasteiger partial charge on any atom is -0.496 e. The Hall–Kier alpha value is -3.16. The van der Waals surface area contributed by atoms with E-state index in [1.807, 2.05) is 54.8 Å². The van der Waals surface area contributed by atoms with E-state index in [0.717, 1.165) is 27.4 Å². The molecule has 0 saturated heterocycles. The molecule has 30 heavy (non-hydrogen) atoms. The molecule has 152 valence electrons. The summed E-state index contributed by atoms with van der Waals surface area (Å²) >= 11 is 1.58. The summed E-state index contributed by atoms with van der Waals surface area (Å²) in [4.78, 5) is 4.89. The van der Waals surface area contributed by atoms with Crippen molar-refractivity contribution in [2.24, 2.45) is 0 Å². The van der Waals surface area contributed by atoms with Gasteiger partial charge in [0.1, 0.15) is 10.8 Å². The highest BCUT2D eigenvalue weighted by atomic mass is 32.2. The Labute approximate surface area is 180 Å². The van der Waals surface area contributed by atoms with Crippen molar-refractivity contribution in [3.05, 3.63) is 83.7 Å². The van der Waals surface area contributed by atoms with E-state index in [4.69, 9.17) is 9.72 Å². The molecule has 0 bridgehead atoms. The average Bonchev–Trinajstić information content (AvgIpc) is 3.25. The van der Waals surface area contributed by atoms with E-state index < -0.39 is 10.0 Å². The van der Waals surface area contributed by atoms with E-state index in [2.05, 4.69) is 4.72 Å². The zero-order valence-electron chi connectivity index (χ0n) is 16.5. The highest BCUT2D eigenvalue weighted by molar-refractivity contribution is 7.92. The second-order valence-corrected chi connectivity index (χ2v) is 9.26. The zero-order chi connectivity index (χ0) is 21.1. The van der Waals surface area contributed by atoms with Gasteiger partial charge in [0, 0.05) is 22.2 Å². The summed E-state index contributed by atoms with van der Waals surface area (Å²) in [5.41, 5.74) is 4.11. The van der Waals surface area contributed by atoms with Gasteiger partial charge in [-0.2, -0.15) is 0 Å². The number of benzene rings is 3. The fourth-order valence-corrected chi connectivity index (χ4v) is 5.04. The topological polar surface area (TPSA) is 68.3 Å². The molecule has 0 aliphatic carbocycles. The maximum Gasteiger partial charge on any atom is 0.261 e. The molecule has 1 aromatic heterocycles. The first-order valence-electron chi connectivity index (χ1n) is 9.25. The van der Waals surface area contributed by atoms with Gasteiger partial charge in [-0.15, -0.1) is 11.3 Å². The molecule has 0 saturated carbocycles. The minimum absolute atomic E-state index is 0.192. The van der Waals surface area contributed by atoms with Crippen molar-refractivity contribution in [1.82, 2.24) is 4.98 Å². The Bertz CT molecular complexity index is 1270. The van der Waals surface area contributed by atoms with E-state index in [9.17, 15) is 8.42 Å². The number of ether oxygens (including phenoxy) is 1. The van der Waals surface area contributed by atoms with Crippen LogP contribution >= 0.6 is 11.3 Å². The molecule has 7 heteroatoms. The van der Waals surface area contributed by atoms with Gasteiger partial charge in [0.05, 0.1) is 17.7 Å². The predicted molar refractivity (Wildman–Crippen MR) is 122 cm³/mol. The quantitative estimate of drug-likeness (QED) is 0.427. The molecule has 5 nitrogen and oxygen atoms in total. The molecule has 1 N–H and O–H groups in total. The lowest BCUT2D eigenvalue weighted by atomic mass is 10.1. The van der Waals surface area contributed by atoms with Crippen LogP contribution in [0.25, 0.3) is 21.8 Å². The van der Waals surface area contributed by atoms with Crippen molar-refractivity contribution in [3.63, 3.8) is 0 Å². The Morgan fingerprint density at radius 3 is 2.33 bits per heavy atom. The van der Waals surface area contributed by atoms with Crippen LogP contribution in [0.2, 0.25) is 0 Å². The van der Waals surface area contributed by atoms with Gasteiger partial charge in [0.25, 0.3) is 10.0 Å². The van der Waals surface area contributed by atoms with Crippen LogP contribution in [-0.2, 0) is 10.0 Å². The maximum atomic E-state index is 12.7. The lowest BCUT2D eigenvalue weighted by molar-refractivity contribution is 0.411. The maximum absolute atomic E-state index is 12.7. The Morgan fingerprint density at radius 2 is 1.67 bits per heavy atom. The first kappa shape index (κ1) is 20.1. The number of aryl methyl sites for hydroxylation is 1. The molecule has 3 aromatic carbocycles. The number of thiazole rings is 1. The summed E-state index contributed by atoms with van der Waals surface area (Å²) in [6.45, 7) is 1.81. The molecule has 0 atom stereocenters. The van der Waals surface area contributed by atoms with Gasteiger partial charge in [-0.05, 0) is 42.8 Å². The van der Waals surface area contributed by atoms with E-state index >= 15 is 0 Å². The summed E-state index contributed by atoms with van der Waals surface area (Å²) in [6.07, 6.45) is 0. The van der Waals surface area contributed by atoms with Crippen LogP contribution in [0.3, 0.4) is 0 Å². The highest BCUT2D eigenvalue weighted by Gasteiger charge is 2.16. The third kappa shape index (κ3) is 4.22. The number of aromatic nitrogens is 1. The predicted octanol–water partition coefficient (Wildman–Crippen LogP) is 5.59. The van der Waals surface area contributed by atoms with Gasteiger partial charge < -0.3 is 4.74 Å². The van der Waals surface area contributed by atoms with Gasteiger partial charge in [-0.3, -0.25) is 4.72 Å². The van der Waals surface area contributed by atoms with Crippen molar-refractivity contribution < 1.29 is 13.2 Å². The van der Waals surface area contributed by atoms with E-state index in [1.54, 1.807) is 42.7 Å². The van der Waals surface area contributed by atoms with Gasteiger partial charge in [-0.25, -0.2) is 13.4 Å². The third-order valence-electron chi connectivity index (χ3n) is 4.63. The van der Waals surface area contributed by atoms with Crippen molar-refractivity contribution in [3.8, 4) is 27.6 Å². The summed E-state index contributed by atoms with van der Waals surface area (Å²) in [7, 11) is -2.13. The Morgan fingerprint density at radius 1 is 0.933 bits per heavy atom. The lowest BCUT2D eigenvalue weighted by Gasteiger charge is -2.11. The van der Waals surface area contributed by atoms with Crippen LogP contribution in [-0.4, -0.2) is 20.5 Å². The highest BCUT2D eigenvalue weighted by Crippen LogP contribution is 2.30. The SMILES string of the molecule is COc1ccc(S(=O)(=O)Nc2ccc(-c3csc(-c4ccccc4)n3)cc2)cc1C. The van der Waals surface area contributed by atoms with E-state index in [0.29, 0.717) is 11.4 Å². The molecule has 0 spiro atoms. The molecule has 0 unspecified atom stereocenters. The number of hydrogen-bond donors (Lipinski definition) is 1. The molecule has 0 aliphatic rings. The first-order valence-corrected chi connectivity index (χ1v) is 11.6. The molecule has 0 fully saturated rings. The first-order chi connectivity index (χ1) is 14.5. The molecule has 4 rings (SSSR count). The summed E-state index contributed by atoms with van der Waals surface area (Å²) in [5, 5.41) is 2.95. The Kier molecular flexibility index (Phi) is 5.57. The van der Waals surface area contributed by atoms with Gasteiger partial charge in [0.15, 0.2) is 0 Å². The number of sulfonamides is 1. The number of nitrogens with zero attached hydrogens (tertiary/aromatic N) is 1. The fourth-order valence-electron chi connectivity index (χ4n) is 3.06. The number of methoxy groups -OCH3 is 1. The lowest BCUT2D eigenvalue weighted by Crippen LogP contribution is -2.13. The van der Waals surface area contributed by atoms with Crippen LogP contribution in [0, 0.1) is 6.92 Å². The van der Waals surface area contributed by atoms with Crippen LogP contribution < -0.4 is 9.46 Å². The molecule has 1 heterocycles. The second-order valence-electron chi connectivity index (χ2n) is 6.72. The average molecular weight is 437 g/mol. The van der Waals surface area contributed by atoms with Gasteiger partial charge in [-0.1, -0.05) is 42.5 Å². The largest absolute Gasteiger partial charge is 0.496 e. The van der Waals surface area contributed by atoms with Crippen LogP contribution in [0.5, 0.6) is 5.75 Å². The van der Waals surface area contributed by atoms with Crippen molar-refractivity contribution in [2.45, 2.75) is 11.8 Å². The zero-order valence-corrected chi connectivity index (χ0v) is 18.1. The number of anilines is 1. The number of nitrogens with one attached hydrogen (secondary N) is 1. The standard InChI is InChI=1S/C23H20N2O3S2/c1-16-14-20(12-13-22(16)28-2)30(26,27)25-19-10-8-17(9-11-19)21-15-29-23(24-21)18-6-4-3-5-7-18/h3-15,25H,1-2H3. The monoisotopic (exact) mass is 436 g/mol. The minimum atomic E-state index is -3.69. The van der Waals surface area contributed by atoms with Crippen LogP contribution in [0.4, 0.5) is 5.69 Å².